The lowest BCUT2D eigenvalue weighted by Crippen LogP contribution is -2.14. The second kappa shape index (κ2) is 4.11. The number of esters is 1. The third kappa shape index (κ3) is 2.47. The fraction of sp³-hybridized carbons (Fsp3) is 0.111. The number of halogens is 1. The zero-order valence-electron chi connectivity index (χ0n) is 7.41. The molecule has 0 saturated carbocycles. The van der Waals surface area contributed by atoms with E-state index in [-0.39, 0.29) is 11.3 Å². The highest BCUT2D eigenvalue weighted by atomic mass is 35.5. The summed E-state index contributed by atoms with van der Waals surface area (Å²) in [7, 11) is 0. The summed E-state index contributed by atoms with van der Waals surface area (Å²) in [6.07, 6.45) is 0. The van der Waals surface area contributed by atoms with Gasteiger partial charge in [-0.1, -0.05) is 11.6 Å². The molecule has 0 atom stereocenters. The number of ether oxygens (including phenoxy) is 1. The number of carbonyl (C=O) groups excluding carboxylic acids is 2. The van der Waals surface area contributed by atoms with Crippen molar-refractivity contribution in [3.05, 3.63) is 28.8 Å². The zero-order chi connectivity index (χ0) is 10.7. The Kier molecular flexibility index (Phi) is 3.09. The summed E-state index contributed by atoms with van der Waals surface area (Å²) < 4.78 is 4.76. The summed E-state index contributed by atoms with van der Waals surface area (Å²) in [5, 5.41) is 0.356. The number of hydrogen-bond donors (Lipinski definition) is 1. The van der Waals surface area contributed by atoms with Crippen LogP contribution in [-0.2, 0) is 4.79 Å². The molecule has 0 fully saturated rings. The minimum absolute atomic E-state index is 0.0905. The first-order valence-corrected chi connectivity index (χ1v) is 4.16. The Morgan fingerprint density at radius 1 is 1.43 bits per heavy atom. The highest BCUT2D eigenvalue weighted by Gasteiger charge is 2.11. The molecular weight excluding hydrogens is 206 g/mol. The lowest BCUT2D eigenvalue weighted by Gasteiger charge is -2.05. The standard InChI is InChI=1S/C9H8ClNO3/c1-5(12)14-8-3-2-6(10)4-7(8)9(11)13/h2-4H,1H3,(H2,11,13). The molecule has 0 aliphatic rings. The normalized spacial score (nSPS) is 9.57. The first kappa shape index (κ1) is 10.5. The lowest BCUT2D eigenvalue weighted by molar-refractivity contribution is -0.131. The second-order valence-electron chi connectivity index (χ2n) is 2.60. The van der Waals surface area contributed by atoms with Crippen LogP contribution in [0.1, 0.15) is 17.3 Å². The third-order valence-corrected chi connectivity index (χ3v) is 1.70. The number of amides is 1. The Bertz CT molecular complexity index is 390. The summed E-state index contributed by atoms with van der Waals surface area (Å²) in [5.74, 6) is -1.09. The Labute approximate surface area is 85.6 Å². The molecule has 0 aliphatic carbocycles. The predicted molar refractivity (Wildman–Crippen MR) is 51.3 cm³/mol. The fourth-order valence-electron chi connectivity index (χ4n) is 0.939. The van der Waals surface area contributed by atoms with E-state index >= 15 is 0 Å². The molecule has 0 radical (unpaired) electrons. The monoisotopic (exact) mass is 213 g/mol. The largest absolute Gasteiger partial charge is 0.426 e. The van der Waals surface area contributed by atoms with Gasteiger partial charge in [0, 0.05) is 11.9 Å². The van der Waals surface area contributed by atoms with Gasteiger partial charge in [0.05, 0.1) is 5.56 Å². The Hall–Kier alpha value is -1.55. The quantitative estimate of drug-likeness (QED) is 0.596. The van der Waals surface area contributed by atoms with E-state index in [9.17, 15) is 9.59 Å². The van der Waals surface area contributed by atoms with E-state index < -0.39 is 11.9 Å². The van der Waals surface area contributed by atoms with Gasteiger partial charge in [-0.05, 0) is 18.2 Å². The van der Waals surface area contributed by atoms with Crippen LogP contribution in [0.4, 0.5) is 0 Å². The Balaban J connectivity index is 3.14. The van der Waals surface area contributed by atoms with Crippen LogP contribution in [0.25, 0.3) is 0 Å². The van der Waals surface area contributed by atoms with Crippen molar-refractivity contribution in [1.29, 1.82) is 0 Å². The summed E-state index contributed by atoms with van der Waals surface area (Å²) >= 11 is 5.65. The van der Waals surface area contributed by atoms with Crippen molar-refractivity contribution in [2.45, 2.75) is 6.92 Å². The average molecular weight is 214 g/mol. The van der Waals surface area contributed by atoms with Crippen molar-refractivity contribution in [3.8, 4) is 5.75 Å². The maximum absolute atomic E-state index is 10.9. The van der Waals surface area contributed by atoms with Crippen LogP contribution in [-0.4, -0.2) is 11.9 Å². The van der Waals surface area contributed by atoms with Crippen LogP contribution in [0.3, 0.4) is 0 Å². The van der Waals surface area contributed by atoms with E-state index in [0.717, 1.165) is 0 Å². The molecule has 1 aromatic carbocycles. The molecule has 0 unspecified atom stereocenters. The van der Waals surface area contributed by atoms with Crippen LogP contribution in [0, 0.1) is 0 Å². The van der Waals surface area contributed by atoms with E-state index in [1.807, 2.05) is 0 Å². The van der Waals surface area contributed by atoms with Crippen molar-refractivity contribution < 1.29 is 14.3 Å². The molecule has 0 aromatic heterocycles. The Morgan fingerprint density at radius 3 is 2.57 bits per heavy atom. The van der Waals surface area contributed by atoms with Crippen molar-refractivity contribution in [3.63, 3.8) is 0 Å². The molecular formula is C9H8ClNO3. The van der Waals surface area contributed by atoms with E-state index in [4.69, 9.17) is 22.1 Å². The molecule has 74 valence electrons. The van der Waals surface area contributed by atoms with Gasteiger partial charge in [-0.25, -0.2) is 0 Å². The molecule has 1 amide bonds. The average Bonchev–Trinajstić information content (AvgIpc) is 2.07. The summed E-state index contributed by atoms with van der Waals surface area (Å²) in [4.78, 5) is 21.6. The van der Waals surface area contributed by atoms with Gasteiger partial charge in [0.15, 0.2) is 0 Å². The van der Waals surface area contributed by atoms with Gasteiger partial charge in [-0.3, -0.25) is 9.59 Å². The molecule has 14 heavy (non-hydrogen) atoms. The molecule has 0 spiro atoms. The number of benzene rings is 1. The number of hydrogen-bond acceptors (Lipinski definition) is 3. The van der Waals surface area contributed by atoms with Crippen LogP contribution in [0.15, 0.2) is 18.2 Å². The molecule has 0 aliphatic heterocycles. The third-order valence-electron chi connectivity index (χ3n) is 1.46. The zero-order valence-corrected chi connectivity index (χ0v) is 8.17. The van der Waals surface area contributed by atoms with Crippen molar-refractivity contribution in [2.24, 2.45) is 5.73 Å². The first-order chi connectivity index (χ1) is 6.50. The van der Waals surface area contributed by atoms with Crippen molar-refractivity contribution >= 4 is 23.5 Å². The SMILES string of the molecule is CC(=O)Oc1ccc(Cl)cc1C(N)=O. The van der Waals surface area contributed by atoms with Crippen LogP contribution < -0.4 is 10.5 Å². The summed E-state index contributed by atoms with van der Waals surface area (Å²) in [6.45, 7) is 1.24. The number of primary amides is 1. The van der Waals surface area contributed by atoms with Gasteiger partial charge < -0.3 is 10.5 Å². The maximum atomic E-state index is 10.9. The van der Waals surface area contributed by atoms with E-state index in [2.05, 4.69) is 0 Å². The molecule has 5 heteroatoms. The topological polar surface area (TPSA) is 69.4 Å². The fourth-order valence-corrected chi connectivity index (χ4v) is 1.11. The van der Waals surface area contributed by atoms with Gasteiger partial charge in [0.2, 0.25) is 0 Å². The van der Waals surface area contributed by atoms with Gasteiger partial charge in [0.25, 0.3) is 5.91 Å². The van der Waals surface area contributed by atoms with Crippen LogP contribution in [0.2, 0.25) is 5.02 Å². The first-order valence-electron chi connectivity index (χ1n) is 3.78. The highest BCUT2D eigenvalue weighted by Crippen LogP contribution is 2.22. The number of rotatable bonds is 2. The van der Waals surface area contributed by atoms with E-state index in [0.29, 0.717) is 5.02 Å². The summed E-state index contributed by atoms with van der Waals surface area (Å²) in [5.41, 5.74) is 5.16. The van der Waals surface area contributed by atoms with E-state index in [1.54, 1.807) is 0 Å². The van der Waals surface area contributed by atoms with E-state index in [1.165, 1.54) is 25.1 Å². The maximum Gasteiger partial charge on any atom is 0.308 e. The predicted octanol–water partition coefficient (Wildman–Crippen LogP) is 1.36. The molecule has 1 rings (SSSR count). The second-order valence-corrected chi connectivity index (χ2v) is 3.03. The minimum atomic E-state index is -0.691. The molecule has 0 heterocycles. The van der Waals surface area contributed by atoms with Gasteiger partial charge in [0.1, 0.15) is 5.75 Å². The molecule has 1 aromatic rings. The van der Waals surface area contributed by atoms with Gasteiger partial charge >= 0.3 is 5.97 Å². The molecule has 4 nitrogen and oxygen atoms in total. The number of nitrogens with two attached hydrogens (primary N) is 1. The van der Waals surface area contributed by atoms with Crippen LogP contribution in [0.5, 0.6) is 5.75 Å². The lowest BCUT2D eigenvalue weighted by atomic mass is 10.2. The van der Waals surface area contributed by atoms with Crippen molar-refractivity contribution in [2.75, 3.05) is 0 Å². The van der Waals surface area contributed by atoms with Gasteiger partial charge in [-0.15, -0.1) is 0 Å². The minimum Gasteiger partial charge on any atom is -0.426 e. The smallest absolute Gasteiger partial charge is 0.308 e. The van der Waals surface area contributed by atoms with Crippen molar-refractivity contribution in [1.82, 2.24) is 0 Å². The highest BCUT2D eigenvalue weighted by molar-refractivity contribution is 6.31. The molecule has 2 N–H and O–H groups in total. The van der Waals surface area contributed by atoms with Gasteiger partial charge in [-0.2, -0.15) is 0 Å². The molecule has 0 bridgehead atoms. The summed E-state index contributed by atoms with van der Waals surface area (Å²) in [6, 6.07) is 4.28. The number of carbonyl (C=O) groups is 2. The molecule has 0 saturated heterocycles. The van der Waals surface area contributed by atoms with Crippen LogP contribution >= 0.6 is 11.6 Å². The Morgan fingerprint density at radius 2 is 2.07 bits per heavy atom.